The third-order valence-electron chi connectivity index (χ3n) is 4.63. The summed E-state index contributed by atoms with van der Waals surface area (Å²) < 4.78 is 11.4. The van der Waals surface area contributed by atoms with Crippen LogP contribution >= 0.6 is 11.6 Å². The zero-order chi connectivity index (χ0) is 21.5. The molecule has 1 saturated carbocycles. The van der Waals surface area contributed by atoms with E-state index in [0.29, 0.717) is 52.6 Å². The molecule has 0 aliphatic heterocycles. The highest BCUT2D eigenvalue weighted by Gasteiger charge is 2.23. The van der Waals surface area contributed by atoms with Gasteiger partial charge in [0.05, 0.1) is 18.2 Å². The summed E-state index contributed by atoms with van der Waals surface area (Å²) in [7, 11) is 0. The van der Waals surface area contributed by atoms with E-state index >= 15 is 0 Å². The highest BCUT2D eigenvalue weighted by Crippen LogP contribution is 2.37. The van der Waals surface area contributed by atoms with Crippen molar-refractivity contribution in [3.63, 3.8) is 0 Å². The van der Waals surface area contributed by atoms with Crippen LogP contribution in [0, 0.1) is 0 Å². The largest absolute Gasteiger partial charge is 0.490 e. The van der Waals surface area contributed by atoms with Crippen molar-refractivity contribution >= 4 is 29.1 Å². The lowest BCUT2D eigenvalue weighted by Crippen LogP contribution is -2.25. The highest BCUT2D eigenvalue weighted by molar-refractivity contribution is 6.32. The van der Waals surface area contributed by atoms with E-state index in [-0.39, 0.29) is 11.8 Å². The van der Waals surface area contributed by atoms with Gasteiger partial charge in [-0.2, -0.15) is 0 Å². The molecule has 0 atom stereocenters. The Bertz CT molecular complexity index is 895. The Balaban J connectivity index is 1.70. The molecule has 1 aliphatic carbocycles. The van der Waals surface area contributed by atoms with Crippen molar-refractivity contribution in [2.45, 2.75) is 45.6 Å². The molecule has 0 spiro atoms. The third-order valence-corrected chi connectivity index (χ3v) is 4.91. The first-order valence-electron chi connectivity index (χ1n) is 10.3. The number of anilines is 1. The van der Waals surface area contributed by atoms with Gasteiger partial charge in [0.25, 0.3) is 11.8 Å². The molecule has 2 N–H and O–H groups in total. The fourth-order valence-electron chi connectivity index (χ4n) is 2.83. The van der Waals surface area contributed by atoms with Crippen LogP contribution in [0.2, 0.25) is 5.02 Å². The number of unbranched alkanes of at least 4 members (excludes halogenated alkanes) is 1. The van der Waals surface area contributed by atoms with Crippen LogP contribution in [0.1, 0.15) is 60.2 Å². The van der Waals surface area contributed by atoms with Crippen molar-refractivity contribution in [3.8, 4) is 11.5 Å². The molecular weight excluding hydrogens is 404 g/mol. The monoisotopic (exact) mass is 430 g/mol. The zero-order valence-electron chi connectivity index (χ0n) is 17.3. The molecule has 2 amide bonds. The van der Waals surface area contributed by atoms with Crippen LogP contribution in [0.4, 0.5) is 5.69 Å². The molecule has 30 heavy (non-hydrogen) atoms. The fraction of sp³-hybridized carbons (Fsp3) is 0.391. The average Bonchev–Trinajstić information content (AvgIpc) is 3.54. The van der Waals surface area contributed by atoms with Gasteiger partial charge in [-0.1, -0.05) is 24.9 Å². The molecule has 6 nitrogen and oxygen atoms in total. The Morgan fingerprint density at radius 3 is 2.40 bits per heavy atom. The lowest BCUT2D eigenvalue weighted by Gasteiger charge is -2.15. The highest BCUT2D eigenvalue weighted by atomic mass is 35.5. The minimum Gasteiger partial charge on any atom is -0.490 e. The first-order valence-corrected chi connectivity index (χ1v) is 10.7. The fourth-order valence-corrected chi connectivity index (χ4v) is 3.09. The van der Waals surface area contributed by atoms with Crippen molar-refractivity contribution in [3.05, 3.63) is 52.5 Å². The predicted octanol–water partition coefficient (Wildman–Crippen LogP) is 5.06. The zero-order valence-corrected chi connectivity index (χ0v) is 18.1. The average molecular weight is 431 g/mol. The van der Waals surface area contributed by atoms with Crippen molar-refractivity contribution in [1.29, 1.82) is 0 Å². The Morgan fingerprint density at radius 1 is 1.03 bits per heavy atom. The molecule has 0 heterocycles. The van der Waals surface area contributed by atoms with Crippen LogP contribution in [0.5, 0.6) is 11.5 Å². The van der Waals surface area contributed by atoms with Gasteiger partial charge in [-0.25, -0.2) is 0 Å². The van der Waals surface area contributed by atoms with Gasteiger partial charge in [0, 0.05) is 22.9 Å². The van der Waals surface area contributed by atoms with Crippen molar-refractivity contribution in [2.24, 2.45) is 0 Å². The van der Waals surface area contributed by atoms with E-state index in [0.717, 1.165) is 25.7 Å². The summed E-state index contributed by atoms with van der Waals surface area (Å²) in [6.07, 6.45) is 3.98. The summed E-state index contributed by atoms with van der Waals surface area (Å²) in [4.78, 5) is 24.8. The number of benzene rings is 2. The van der Waals surface area contributed by atoms with Crippen LogP contribution in [0.3, 0.4) is 0 Å². The number of hydrogen-bond donors (Lipinski definition) is 2. The second-order valence-corrected chi connectivity index (χ2v) is 7.61. The number of halogens is 1. The van der Waals surface area contributed by atoms with Crippen molar-refractivity contribution < 1.29 is 19.1 Å². The van der Waals surface area contributed by atoms with Crippen molar-refractivity contribution in [2.75, 3.05) is 18.5 Å². The standard InChI is InChI=1S/C23H27ClN2O4/c1-3-5-12-30-21-19(24)13-16(14-20(21)29-4-2)23(28)26-17-8-6-15(7-9-17)22(27)25-18-10-11-18/h6-9,13-14,18H,3-5,10-12H2,1-2H3,(H,25,27)(H,26,28). The number of carbonyl (C=O) groups excluding carboxylic acids is 2. The topological polar surface area (TPSA) is 76.7 Å². The van der Waals surface area contributed by atoms with E-state index in [1.54, 1.807) is 36.4 Å². The third kappa shape index (κ3) is 5.89. The molecule has 1 aliphatic rings. The lowest BCUT2D eigenvalue weighted by atomic mass is 10.1. The number of ether oxygens (including phenoxy) is 2. The summed E-state index contributed by atoms with van der Waals surface area (Å²) in [6, 6.07) is 10.3. The van der Waals surface area contributed by atoms with E-state index in [2.05, 4.69) is 17.6 Å². The first kappa shape index (κ1) is 22.0. The van der Waals surface area contributed by atoms with Crippen LogP contribution < -0.4 is 20.1 Å². The normalized spacial score (nSPS) is 12.9. The Morgan fingerprint density at radius 2 is 1.77 bits per heavy atom. The quantitative estimate of drug-likeness (QED) is 0.516. The Kier molecular flexibility index (Phi) is 7.57. The summed E-state index contributed by atoms with van der Waals surface area (Å²) in [5.41, 5.74) is 1.51. The minimum absolute atomic E-state index is 0.0952. The van der Waals surface area contributed by atoms with E-state index in [9.17, 15) is 9.59 Å². The molecule has 0 unspecified atom stereocenters. The minimum atomic E-state index is -0.326. The van der Waals surface area contributed by atoms with E-state index in [4.69, 9.17) is 21.1 Å². The molecule has 0 saturated heterocycles. The number of nitrogens with one attached hydrogen (secondary N) is 2. The SMILES string of the molecule is CCCCOc1c(Cl)cc(C(=O)Nc2ccc(C(=O)NC3CC3)cc2)cc1OCC. The maximum Gasteiger partial charge on any atom is 0.255 e. The van der Waals surface area contributed by atoms with Crippen LogP contribution in [0.15, 0.2) is 36.4 Å². The van der Waals surface area contributed by atoms with Gasteiger partial charge in [-0.15, -0.1) is 0 Å². The van der Waals surface area contributed by atoms with E-state index in [1.165, 1.54) is 0 Å². The molecule has 0 bridgehead atoms. The van der Waals surface area contributed by atoms with Crippen LogP contribution in [-0.2, 0) is 0 Å². The molecule has 2 aromatic carbocycles. The van der Waals surface area contributed by atoms with Crippen LogP contribution in [-0.4, -0.2) is 31.1 Å². The lowest BCUT2D eigenvalue weighted by molar-refractivity contribution is 0.0950. The number of hydrogen-bond acceptors (Lipinski definition) is 4. The number of amides is 2. The van der Waals surface area contributed by atoms with Crippen molar-refractivity contribution in [1.82, 2.24) is 5.32 Å². The number of rotatable bonds is 10. The summed E-state index contributed by atoms with van der Waals surface area (Å²) in [6.45, 7) is 4.89. The molecule has 1 fully saturated rings. The summed E-state index contributed by atoms with van der Waals surface area (Å²) >= 11 is 6.37. The smallest absolute Gasteiger partial charge is 0.255 e. The molecule has 0 radical (unpaired) electrons. The predicted molar refractivity (Wildman–Crippen MR) is 118 cm³/mol. The number of carbonyl (C=O) groups is 2. The summed E-state index contributed by atoms with van der Waals surface area (Å²) in [5.74, 6) is 0.475. The molecule has 2 aromatic rings. The second-order valence-electron chi connectivity index (χ2n) is 7.20. The first-order chi connectivity index (χ1) is 14.5. The van der Waals surface area contributed by atoms with Gasteiger partial charge in [0.1, 0.15) is 0 Å². The van der Waals surface area contributed by atoms with Gasteiger partial charge in [0.2, 0.25) is 0 Å². The van der Waals surface area contributed by atoms with Gasteiger partial charge >= 0.3 is 0 Å². The molecule has 3 rings (SSSR count). The Labute approximate surface area is 181 Å². The summed E-state index contributed by atoms with van der Waals surface area (Å²) in [5, 5.41) is 6.09. The second kappa shape index (κ2) is 10.3. The molecule has 7 heteroatoms. The molecular formula is C23H27ClN2O4. The van der Waals surface area contributed by atoms with Gasteiger partial charge in [-0.05, 0) is 62.6 Å². The van der Waals surface area contributed by atoms with Gasteiger partial charge < -0.3 is 20.1 Å². The van der Waals surface area contributed by atoms with E-state index in [1.807, 2.05) is 6.92 Å². The Hall–Kier alpha value is -2.73. The molecule has 0 aromatic heterocycles. The molecule has 160 valence electrons. The maximum atomic E-state index is 12.7. The maximum absolute atomic E-state index is 12.7. The van der Waals surface area contributed by atoms with Gasteiger partial charge in [0.15, 0.2) is 11.5 Å². The van der Waals surface area contributed by atoms with Crippen LogP contribution in [0.25, 0.3) is 0 Å². The van der Waals surface area contributed by atoms with Gasteiger partial charge in [-0.3, -0.25) is 9.59 Å². The van der Waals surface area contributed by atoms with E-state index < -0.39 is 0 Å².